The minimum atomic E-state index is -0.830. The van der Waals surface area contributed by atoms with Crippen LogP contribution in [-0.2, 0) is 9.59 Å². The van der Waals surface area contributed by atoms with Crippen LogP contribution in [0.4, 0.5) is 0 Å². The highest BCUT2D eigenvalue weighted by Gasteiger charge is 2.36. The van der Waals surface area contributed by atoms with Gasteiger partial charge in [-0.25, -0.2) is 0 Å². The van der Waals surface area contributed by atoms with Crippen molar-refractivity contribution in [3.05, 3.63) is 11.6 Å². The Labute approximate surface area is 52.0 Å². The van der Waals surface area contributed by atoms with E-state index in [-0.39, 0.29) is 5.92 Å². The summed E-state index contributed by atoms with van der Waals surface area (Å²) in [6.07, 6.45) is 2.49. The number of carbonyl (C=O) groups is 2. The standard InChI is InChI=1S/C6H6O3/c7-2-1-4-3-5(4)6(8)9/h1-2,5H,3H2,(H,8,9)/t5-/m1/s1. The van der Waals surface area contributed by atoms with E-state index in [0.717, 1.165) is 5.57 Å². The van der Waals surface area contributed by atoms with Gasteiger partial charge < -0.3 is 5.11 Å². The van der Waals surface area contributed by atoms with Gasteiger partial charge in [-0.05, 0) is 12.5 Å². The second kappa shape index (κ2) is 2.01. The molecule has 0 radical (unpaired) electrons. The summed E-state index contributed by atoms with van der Waals surface area (Å²) in [5.41, 5.74) is 0.734. The molecule has 1 atom stereocenters. The molecular weight excluding hydrogens is 120 g/mol. The Balaban J connectivity index is 2.50. The third-order valence-electron chi connectivity index (χ3n) is 1.31. The fourth-order valence-electron chi connectivity index (χ4n) is 0.694. The molecule has 0 heterocycles. The van der Waals surface area contributed by atoms with Gasteiger partial charge in [0.25, 0.3) is 0 Å². The Bertz CT molecular complexity index is 181. The van der Waals surface area contributed by atoms with Gasteiger partial charge in [0.2, 0.25) is 0 Å². The highest BCUT2D eigenvalue weighted by Crippen LogP contribution is 2.36. The van der Waals surface area contributed by atoms with Crippen molar-refractivity contribution < 1.29 is 14.7 Å². The van der Waals surface area contributed by atoms with E-state index in [4.69, 9.17) is 5.11 Å². The molecule has 1 saturated carbocycles. The Hall–Kier alpha value is -1.12. The van der Waals surface area contributed by atoms with Gasteiger partial charge in [0, 0.05) is 0 Å². The highest BCUT2D eigenvalue weighted by atomic mass is 16.4. The summed E-state index contributed by atoms with van der Waals surface area (Å²) in [7, 11) is 0. The second-order valence-corrected chi connectivity index (χ2v) is 1.97. The van der Waals surface area contributed by atoms with Crippen LogP contribution in [0, 0.1) is 5.92 Å². The molecule has 0 saturated heterocycles. The Kier molecular flexibility index (Phi) is 1.34. The van der Waals surface area contributed by atoms with Crippen LogP contribution in [0.3, 0.4) is 0 Å². The molecule has 0 amide bonds. The van der Waals surface area contributed by atoms with Crippen LogP contribution in [-0.4, -0.2) is 17.4 Å². The zero-order chi connectivity index (χ0) is 6.85. The molecule has 1 rings (SSSR count). The molecule has 0 spiro atoms. The number of rotatable bonds is 2. The first-order valence-electron chi connectivity index (χ1n) is 2.62. The minimum Gasteiger partial charge on any atom is -0.481 e. The van der Waals surface area contributed by atoms with Gasteiger partial charge in [0.1, 0.15) is 6.29 Å². The maximum Gasteiger partial charge on any atom is 0.310 e. The van der Waals surface area contributed by atoms with Gasteiger partial charge in [0.15, 0.2) is 0 Å². The lowest BCUT2D eigenvalue weighted by Crippen LogP contribution is -1.95. The second-order valence-electron chi connectivity index (χ2n) is 1.97. The summed E-state index contributed by atoms with van der Waals surface area (Å²) in [6.45, 7) is 0. The molecule has 0 aromatic carbocycles. The predicted octanol–water partition coefficient (Wildman–Crippen LogP) is 0.216. The third kappa shape index (κ3) is 1.16. The first kappa shape index (κ1) is 6.01. The predicted molar refractivity (Wildman–Crippen MR) is 29.9 cm³/mol. The fourth-order valence-corrected chi connectivity index (χ4v) is 0.694. The number of carboxylic acids is 1. The number of aldehydes is 1. The number of aliphatic carboxylic acids is 1. The number of hydrogen-bond acceptors (Lipinski definition) is 2. The van der Waals surface area contributed by atoms with Crippen molar-refractivity contribution >= 4 is 12.3 Å². The number of carbonyl (C=O) groups excluding carboxylic acids is 1. The fraction of sp³-hybridized carbons (Fsp3) is 0.333. The lowest BCUT2D eigenvalue weighted by molar-refractivity contribution is -0.138. The smallest absolute Gasteiger partial charge is 0.310 e. The zero-order valence-corrected chi connectivity index (χ0v) is 4.70. The van der Waals surface area contributed by atoms with E-state index < -0.39 is 5.97 Å². The number of hydrogen-bond donors (Lipinski definition) is 1. The van der Waals surface area contributed by atoms with E-state index in [1.807, 2.05) is 0 Å². The number of allylic oxidation sites excluding steroid dienone is 1. The molecule has 0 aliphatic heterocycles. The van der Waals surface area contributed by atoms with Crippen LogP contribution in [0.2, 0.25) is 0 Å². The summed E-state index contributed by atoms with van der Waals surface area (Å²) >= 11 is 0. The normalized spacial score (nSPS) is 28.0. The van der Waals surface area contributed by atoms with Crippen molar-refractivity contribution in [3.8, 4) is 0 Å². The van der Waals surface area contributed by atoms with Crippen molar-refractivity contribution in [1.29, 1.82) is 0 Å². The van der Waals surface area contributed by atoms with Crippen LogP contribution in [0.5, 0.6) is 0 Å². The van der Waals surface area contributed by atoms with E-state index in [2.05, 4.69) is 0 Å². The van der Waals surface area contributed by atoms with E-state index in [1.165, 1.54) is 6.08 Å². The molecule has 1 N–H and O–H groups in total. The van der Waals surface area contributed by atoms with Crippen LogP contribution in [0.1, 0.15) is 6.42 Å². The molecule has 0 unspecified atom stereocenters. The SMILES string of the molecule is O=CC=C1C[C@H]1C(=O)O. The quantitative estimate of drug-likeness (QED) is 0.425. The van der Waals surface area contributed by atoms with Gasteiger partial charge in [-0.1, -0.05) is 5.57 Å². The molecule has 48 valence electrons. The lowest BCUT2D eigenvalue weighted by atomic mass is 10.4. The van der Waals surface area contributed by atoms with Gasteiger partial charge in [-0.2, -0.15) is 0 Å². The summed E-state index contributed by atoms with van der Waals surface area (Å²) in [5.74, 6) is -1.20. The summed E-state index contributed by atoms with van der Waals surface area (Å²) in [5, 5.41) is 8.29. The Morgan fingerprint density at radius 1 is 1.78 bits per heavy atom. The molecule has 0 bridgehead atoms. The lowest BCUT2D eigenvalue weighted by Gasteiger charge is -1.77. The topological polar surface area (TPSA) is 54.4 Å². The maximum atomic E-state index is 10.1. The van der Waals surface area contributed by atoms with Gasteiger partial charge in [-0.3, -0.25) is 9.59 Å². The summed E-state index contributed by atoms with van der Waals surface area (Å²) < 4.78 is 0. The van der Waals surface area contributed by atoms with Gasteiger partial charge in [0.05, 0.1) is 5.92 Å². The summed E-state index contributed by atoms with van der Waals surface area (Å²) in [6, 6.07) is 0. The molecule has 0 aromatic heterocycles. The van der Waals surface area contributed by atoms with E-state index in [9.17, 15) is 9.59 Å². The zero-order valence-electron chi connectivity index (χ0n) is 4.70. The van der Waals surface area contributed by atoms with Crippen molar-refractivity contribution in [1.82, 2.24) is 0 Å². The molecular formula is C6H6O3. The van der Waals surface area contributed by atoms with Crippen LogP contribution in [0.25, 0.3) is 0 Å². The molecule has 1 aliphatic carbocycles. The van der Waals surface area contributed by atoms with E-state index in [1.54, 1.807) is 0 Å². The molecule has 1 fully saturated rings. The minimum absolute atomic E-state index is 0.366. The monoisotopic (exact) mass is 126 g/mol. The average Bonchev–Trinajstić information content (AvgIpc) is 2.47. The Morgan fingerprint density at radius 2 is 2.44 bits per heavy atom. The Morgan fingerprint density at radius 3 is 2.78 bits per heavy atom. The van der Waals surface area contributed by atoms with Crippen molar-refractivity contribution in [2.75, 3.05) is 0 Å². The van der Waals surface area contributed by atoms with Crippen molar-refractivity contribution in [2.45, 2.75) is 6.42 Å². The summed E-state index contributed by atoms with van der Waals surface area (Å²) in [4.78, 5) is 19.8. The van der Waals surface area contributed by atoms with Gasteiger partial charge >= 0.3 is 5.97 Å². The maximum absolute atomic E-state index is 10.1. The van der Waals surface area contributed by atoms with Gasteiger partial charge in [-0.15, -0.1) is 0 Å². The highest BCUT2D eigenvalue weighted by molar-refractivity contribution is 5.82. The molecule has 0 aromatic rings. The van der Waals surface area contributed by atoms with Crippen LogP contribution < -0.4 is 0 Å². The van der Waals surface area contributed by atoms with Crippen LogP contribution >= 0.6 is 0 Å². The molecule has 9 heavy (non-hydrogen) atoms. The first-order valence-corrected chi connectivity index (χ1v) is 2.62. The van der Waals surface area contributed by atoms with Crippen molar-refractivity contribution in [2.24, 2.45) is 5.92 Å². The largest absolute Gasteiger partial charge is 0.481 e. The first-order chi connectivity index (χ1) is 4.25. The van der Waals surface area contributed by atoms with E-state index >= 15 is 0 Å². The third-order valence-corrected chi connectivity index (χ3v) is 1.31. The van der Waals surface area contributed by atoms with Crippen molar-refractivity contribution in [3.63, 3.8) is 0 Å². The van der Waals surface area contributed by atoms with Crippen LogP contribution in [0.15, 0.2) is 11.6 Å². The molecule has 3 nitrogen and oxygen atoms in total. The average molecular weight is 126 g/mol. The molecule has 1 aliphatic rings. The number of carboxylic acid groups (broad SMARTS) is 1. The van der Waals surface area contributed by atoms with E-state index in [0.29, 0.717) is 12.7 Å². The molecule has 3 heteroatoms.